The number of aromatic nitrogens is 3. The van der Waals surface area contributed by atoms with Crippen molar-refractivity contribution in [1.82, 2.24) is 15.0 Å². The second kappa shape index (κ2) is 17.6. The Hall–Kier alpha value is -5.42. The van der Waals surface area contributed by atoms with E-state index in [0.717, 1.165) is 38.9 Å². The van der Waals surface area contributed by atoms with Crippen LogP contribution in [0, 0.1) is 19.0 Å². The van der Waals surface area contributed by atoms with Gasteiger partial charge in [0.05, 0.1) is 11.0 Å². The Morgan fingerprint density at radius 3 is 1.97 bits per heavy atom. The van der Waals surface area contributed by atoms with Crippen LogP contribution in [0.1, 0.15) is 138 Å². The van der Waals surface area contributed by atoms with Crippen LogP contribution in [0.3, 0.4) is 0 Å². The number of nitrogens with zero attached hydrogens (tertiary/aromatic N) is 3. The number of aryl methyl sites for hydroxylation is 1. The average molecular weight is 1010 g/mol. The molecule has 0 fully saturated rings. The Labute approximate surface area is 391 Å². The van der Waals surface area contributed by atoms with Gasteiger partial charge in [0.1, 0.15) is 23.1 Å². The van der Waals surface area contributed by atoms with Gasteiger partial charge in [0, 0.05) is 52.3 Å². The summed E-state index contributed by atoms with van der Waals surface area (Å²) < 4.78 is 38.4. The van der Waals surface area contributed by atoms with E-state index in [-0.39, 0.29) is 36.5 Å². The maximum Gasteiger partial charge on any atom is 0.139 e. The van der Waals surface area contributed by atoms with E-state index in [1.807, 2.05) is 48.7 Å². The molecule has 9 rings (SSSR count). The average Bonchev–Trinajstić information content (AvgIpc) is 3.83. The van der Waals surface area contributed by atoms with Gasteiger partial charge < -0.3 is 13.8 Å². The molecule has 5 aromatic carbocycles. The summed E-state index contributed by atoms with van der Waals surface area (Å²) in [5.41, 5.74) is 14.4. The van der Waals surface area contributed by atoms with Crippen molar-refractivity contribution >= 4 is 43.9 Å². The number of pyridine rings is 1. The summed E-state index contributed by atoms with van der Waals surface area (Å²) in [6, 6.07) is 37.0. The number of rotatable bonds is 6. The first-order valence-electron chi connectivity index (χ1n) is 23.3. The van der Waals surface area contributed by atoms with E-state index in [0.29, 0.717) is 56.5 Å². The minimum Gasteiger partial charge on any atom is -0.500 e. The monoisotopic (exact) mass is 1010 g/mol. The molecule has 0 spiro atoms. The summed E-state index contributed by atoms with van der Waals surface area (Å²) in [4.78, 5) is 13.5. The predicted molar refractivity (Wildman–Crippen MR) is 259 cm³/mol. The van der Waals surface area contributed by atoms with E-state index in [2.05, 4.69) is 153 Å². The smallest absolute Gasteiger partial charge is 0.139 e. The van der Waals surface area contributed by atoms with Gasteiger partial charge in [-0.15, -0.1) is 53.6 Å². The van der Waals surface area contributed by atoms with Gasteiger partial charge in [-0.05, 0) is 92.2 Å². The Balaban J connectivity index is 0.000000322. The zero-order chi connectivity index (χ0) is 46.7. The summed E-state index contributed by atoms with van der Waals surface area (Å²) in [5.74, 6) is 1.13. The molecule has 0 saturated heterocycles. The fourth-order valence-corrected chi connectivity index (χ4v) is 8.23. The normalized spacial score (nSPS) is 13.1. The van der Waals surface area contributed by atoms with Crippen molar-refractivity contribution in [2.24, 2.45) is 0 Å². The third kappa shape index (κ3) is 8.90. The van der Waals surface area contributed by atoms with E-state index in [4.69, 9.17) is 12.9 Å². The van der Waals surface area contributed by atoms with Crippen LogP contribution in [0.5, 0.6) is 0 Å². The van der Waals surface area contributed by atoms with Crippen LogP contribution >= 0.6 is 0 Å². The van der Waals surface area contributed by atoms with Crippen molar-refractivity contribution in [3.8, 4) is 33.6 Å². The molecular formula is C57H59IrN3O2-2. The molecular weight excluding hydrogens is 951 g/mol. The Morgan fingerprint density at radius 2 is 1.37 bits per heavy atom. The van der Waals surface area contributed by atoms with E-state index in [1.54, 1.807) is 12.4 Å². The van der Waals surface area contributed by atoms with Crippen LogP contribution in [0.4, 0.5) is 0 Å². The van der Waals surface area contributed by atoms with Gasteiger partial charge in [0.2, 0.25) is 0 Å². The van der Waals surface area contributed by atoms with Crippen LogP contribution in [0.15, 0.2) is 112 Å². The zero-order valence-corrected chi connectivity index (χ0v) is 40.9. The molecule has 9 aromatic rings. The largest absolute Gasteiger partial charge is 0.500 e. The standard InChI is InChI=1S/C42H43N2O2.C15H16N.Ir/c1-22(2)27-17-31(23(3)4)38(32(18-27)24(5)6)26-12-14-29-35(19-26)45-34-16-15-30-37-25(7)11-13-28(40(37)46-41(30)39(29)34)33-20-36(42(8,9)10)44-21-43-33;1-15(2,3)13-9-10-14(16-11-13)12-7-5-4-6-8-12;/h11-12,14-24H,1-10H3;4-7,9-11H,1-3H3;/q2*-1;/i7D3;;. The number of hydrogen-bond donors (Lipinski definition) is 0. The van der Waals surface area contributed by atoms with Crippen LogP contribution < -0.4 is 0 Å². The molecule has 4 heterocycles. The van der Waals surface area contributed by atoms with Gasteiger partial charge in [0.15, 0.2) is 0 Å². The van der Waals surface area contributed by atoms with Crippen LogP contribution in [-0.4, -0.2) is 15.0 Å². The molecule has 0 aliphatic rings. The van der Waals surface area contributed by atoms with Gasteiger partial charge >= 0.3 is 0 Å². The van der Waals surface area contributed by atoms with Crippen molar-refractivity contribution in [2.75, 3.05) is 0 Å². The second-order valence-electron chi connectivity index (χ2n) is 19.5. The number of furan rings is 2. The van der Waals surface area contributed by atoms with Gasteiger partial charge in [-0.1, -0.05) is 137 Å². The molecule has 63 heavy (non-hydrogen) atoms. The number of hydrogen-bond acceptors (Lipinski definition) is 5. The van der Waals surface area contributed by atoms with Crippen molar-refractivity contribution in [2.45, 2.75) is 119 Å². The van der Waals surface area contributed by atoms with Gasteiger partial charge in [-0.3, -0.25) is 4.98 Å². The van der Waals surface area contributed by atoms with Crippen molar-refractivity contribution in [3.05, 3.63) is 149 Å². The van der Waals surface area contributed by atoms with Gasteiger partial charge in [-0.2, -0.15) is 0 Å². The molecule has 0 aliphatic heterocycles. The molecule has 0 N–H and O–H groups in total. The molecule has 5 nitrogen and oxygen atoms in total. The first-order valence-corrected chi connectivity index (χ1v) is 21.8. The molecule has 0 atom stereocenters. The fourth-order valence-electron chi connectivity index (χ4n) is 8.23. The molecule has 0 bridgehead atoms. The molecule has 325 valence electrons. The van der Waals surface area contributed by atoms with E-state index >= 15 is 0 Å². The molecule has 4 aromatic heterocycles. The first-order chi connectivity index (χ1) is 30.6. The fraction of sp³-hybridized carbons (Fsp3) is 0.316. The number of benzene rings is 5. The third-order valence-electron chi connectivity index (χ3n) is 11.9. The second-order valence-corrected chi connectivity index (χ2v) is 19.5. The van der Waals surface area contributed by atoms with Crippen LogP contribution in [0.2, 0.25) is 0 Å². The van der Waals surface area contributed by atoms with Crippen molar-refractivity contribution in [1.29, 1.82) is 0 Å². The Kier molecular flexibility index (Phi) is 11.6. The van der Waals surface area contributed by atoms with Crippen LogP contribution in [0.25, 0.3) is 77.5 Å². The third-order valence-corrected chi connectivity index (χ3v) is 11.9. The molecule has 0 saturated carbocycles. The quantitative estimate of drug-likeness (QED) is 0.155. The Bertz CT molecular complexity index is 3160. The summed E-state index contributed by atoms with van der Waals surface area (Å²) in [5, 5.41) is 2.99. The maximum atomic E-state index is 8.39. The van der Waals surface area contributed by atoms with E-state index in [1.165, 1.54) is 27.8 Å². The van der Waals surface area contributed by atoms with Crippen molar-refractivity contribution < 1.29 is 33.1 Å². The zero-order valence-electron chi connectivity index (χ0n) is 41.5. The van der Waals surface area contributed by atoms with Gasteiger partial charge in [-0.25, -0.2) is 4.98 Å². The first kappa shape index (κ1) is 41.6. The van der Waals surface area contributed by atoms with Crippen molar-refractivity contribution in [3.63, 3.8) is 0 Å². The van der Waals surface area contributed by atoms with Gasteiger partial charge in [0.25, 0.3) is 0 Å². The minimum atomic E-state index is -2.37. The molecule has 0 unspecified atom stereocenters. The summed E-state index contributed by atoms with van der Waals surface area (Å²) in [7, 11) is 0. The molecule has 0 aliphatic carbocycles. The molecule has 6 heteroatoms. The summed E-state index contributed by atoms with van der Waals surface area (Å²) >= 11 is 0. The number of fused-ring (bicyclic) bond motifs is 7. The SMILES string of the molecule is CC(C)(C)c1ccc(-c2[c-]cccc2)nc1.[2H]C([2H])([2H])c1c[c-]c(-c2cc(C(C)(C)C)ncn2)c2oc3c(ccc4oc5cc(-c6c(C(C)C)cc(C(C)C)cc6C(C)C)ccc5c43)c12.[Ir]. The van der Waals surface area contributed by atoms with E-state index < -0.39 is 6.85 Å². The summed E-state index contributed by atoms with van der Waals surface area (Å²) in [6.07, 6.45) is 3.50. The minimum absolute atomic E-state index is 0. The van der Waals surface area contributed by atoms with E-state index in [9.17, 15) is 0 Å². The maximum absolute atomic E-state index is 8.39. The molecule has 1 radical (unpaired) electrons. The summed E-state index contributed by atoms with van der Waals surface area (Å²) in [6.45, 7) is 24.0. The predicted octanol–water partition coefficient (Wildman–Crippen LogP) is 16.2. The Morgan fingerprint density at radius 1 is 0.635 bits per heavy atom. The van der Waals surface area contributed by atoms with Crippen LogP contribution in [-0.2, 0) is 30.9 Å². The topological polar surface area (TPSA) is 65.0 Å². The molecule has 0 amide bonds.